The minimum atomic E-state index is -0.0173. The second-order valence-electron chi connectivity index (χ2n) is 6.56. The molecule has 5 nitrogen and oxygen atoms in total. The molecular weight excluding hydrogens is 361 g/mol. The molecule has 1 saturated heterocycles. The number of amides is 2. The quantitative estimate of drug-likeness (QED) is 0.788. The number of carbonyl (C=O) groups excluding carboxylic acids is 2. The average molecular weight is 388 g/mol. The Balaban J connectivity index is 0.00000312. The van der Waals surface area contributed by atoms with Crippen molar-refractivity contribution in [3.05, 3.63) is 34.9 Å². The molecule has 7 heteroatoms. The van der Waals surface area contributed by atoms with Crippen molar-refractivity contribution in [2.45, 2.75) is 32.7 Å². The molecular formula is C18H27Cl2N3O2. The van der Waals surface area contributed by atoms with Crippen molar-refractivity contribution >= 4 is 35.8 Å². The number of piperazine rings is 1. The topological polar surface area (TPSA) is 61.4 Å². The lowest BCUT2D eigenvalue weighted by atomic mass is 10.0. The molecule has 0 saturated carbocycles. The summed E-state index contributed by atoms with van der Waals surface area (Å²) in [7, 11) is 0. The highest BCUT2D eigenvalue weighted by molar-refractivity contribution is 6.30. The van der Waals surface area contributed by atoms with Gasteiger partial charge in [-0.25, -0.2) is 0 Å². The number of carbonyl (C=O) groups is 2. The predicted octanol–water partition coefficient (Wildman–Crippen LogP) is 2.79. The maximum atomic E-state index is 12.6. The molecule has 0 radical (unpaired) electrons. The number of nitrogens with one attached hydrogen (secondary N) is 2. The highest BCUT2D eigenvalue weighted by atomic mass is 35.5. The third kappa shape index (κ3) is 6.84. The van der Waals surface area contributed by atoms with Crippen molar-refractivity contribution in [3.8, 4) is 0 Å². The van der Waals surface area contributed by atoms with Gasteiger partial charge in [0, 0.05) is 44.0 Å². The second-order valence-corrected chi connectivity index (χ2v) is 7.00. The van der Waals surface area contributed by atoms with E-state index in [1.54, 1.807) is 0 Å². The first-order valence-electron chi connectivity index (χ1n) is 8.49. The van der Waals surface area contributed by atoms with Crippen LogP contribution in [0.25, 0.3) is 0 Å². The fourth-order valence-electron chi connectivity index (χ4n) is 2.91. The molecule has 1 unspecified atom stereocenters. The summed E-state index contributed by atoms with van der Waals surface area (Å²) in [5.41, 5.74) is 1.03. The maximum Gasteiger partial charge on any atom is 0.224 e. The smallest absolute Gasteiger partial charge is 0.224 e. The molecule has 0 aliphatic carbocycles. The van der Waals surface area contributed by atoms with Crippen molar-refractivity contribution in [1.82, 2.24) is 15.5 Å². The van der Waals surface area contributed by atoms with E-state index in [1.807, 2.05) is 43.0 Å². The molecule has 1 aromatic carbocycles. The fourth-order valence-corrected chi connectivity index (χ4v) is 3.11. The number of nitrogens with zero attached hydrogens (tertiary/aromatic N) is 1. The summed E-state index contributed by atoms with van der Waals surface area (Å²) in [6, 6.07) is 7.62. The highest BCUT2D eigenvalue weighted by Gasteiger charge is 2.27. The number of benzene rings is 1. The molecule has 1 atom stereocenters. The first kappa shape index (κ1) is 21.7. The van der Waals surface area contributed by atoms with E-state index in [4.69, 9.17) is 11.6 Å². The van der Waals surface area contributed by atoms with Crippen LogP contribution in [0.1, 0.15) is 38.3 Å². The summed E-state index contributed by atoms with van der Waals surface area (Å²) in [6.07, 6.45) is 0.813. The molecule has 1 aromatic rings. The lowest BCUT2D eigenvalue weighted by molar-refractivity contribution is -0.134. The lowest BCUT2D eigenvalue weighted by Gasteiger charge is -2.36. The predicted molar refractivity (Wildman–Crippen MR) is 103 cm³/mol. The van der Waals surface area contributed by atoms with E-state index in [2.05, 4.69) is 10.6 Å². The van der Waals surface area contributed by atoms with Gasteiger partial charge in [0.1, 0.15) is 0 Å². The summed E-state index contributed by atoms with van der Waals surface area (Å²) in [6.45, 7) is 6.54. The molecule has 1 aliphatic heterocycles. The third-order valence-corrected chi connectivity index (χ3v) is 4.29. The number of hydrogen-bond donors (Lipinski definition) is 2. The van der Waals surface area contributed by atoms with Crippen LogP contribution in [0.5, 0.6) is 0 Å². The Morgan fingerprint density at radius 1 is 1.40 bits per heavy atom. The Kier molecular flexibility index (Phi) is 9.25. The summed E-state index contributed by atoms with van der Waals surface area (Å²) >= 11 is 6.08. The van der Waals surface area contributed by atoms with E-state index >= 15 is 0 Å². The van der Waals surface area contributed by atoms with Crippen molar-refractivity contribution in [1.29, 1.82) is 0 Å². The summed E-state index contributed by atoms with van der Waals surface area (Å²) in [5, 5.41) is 6.82. The monoisotopic (exact) mass is 387 g/mol. The fraction of sp³-hybridized carbons (Fsp3) is 0.556. The van der Waals surface area contributed by atoms with Crippen LogP contribution < -0.4 is 10.6 Å². The Bertz CT molecular complexity index is 581. The number of halogens is 2. The lowest BCUT2D eigenvalue weighted by Crippen LogP contribution is -2.49. The Morgan fingerprint density at radius 3 is 2.84 bits per heavy atom. The SMILES string of the molecule is CC(C)CC(=O)NCCC(=O)N1CCNCC1c1cccc(Cl)c1.Cl. The second kappa shape index (κ2) is 10.6. The molecule has 140 valence electrons. The van der Waals surface area contributed by atoms with Crippen LogP contribution in [0.4, 0.5) is 0 Å². The van der Waals surface area contributed by atoms with E-state index in [1.165, 1.54) is 0 Å². The average Bonchev–Trinajstić information content (AvgIpc) is 2.54. The van der Waals surface area contributed by atoms with Gasteiger partial charge in [0.25, 0.3) is 0 Å². The summed E-state index contributed by atoms with van der Waals surface area (Å²) < 4.78 is 0. The molecule has 1 fully saturated rings. The molecule has 2 rings (SSSR count). The summed E-state index contributed by atoms with van der Waals surface area (Å²) in [4.78, 5) is 26.1. The minimum absolute atomic E-state index is 0. The first-order valence-corrected chi connectivity index (χ1v) is 8.87. The summed E-state index contributed by atoms with van der Waals surface area (Å²) in [5.74, 6) is 0.386. The number of rotatable bonds is 6. The molecule has 1 heterocycles. The Labute approximate surface area is 160 Å². The molecule has 25 heavy (non-hydrogen) atoms. The maximum absolute atomic E-state index is 12.6. The van der Waals surface area contributed by atoms with Crippen molar-refractivity contribution < 1.29 is 9.59 Å². The standard InChI is InChI=1S/C18H26ClN3O2.ClH/c1-13(2)10-17(23)21-7-6-18(24)22-9-8-20-12-16(22)14-4-3-5-15(19)11-14;/h3-5,11,13,16,20H,6-10,12H2,1-2H3,(H,21,23);1H. The van der Waals surface area contributed by atoms with Crippen LogP contribution >= 0.6 is 24.0 Å². The van der Waals surface area contributed by atoms with Crippen LogP contribution in [-0.2, 0) is 9.59 Å². The van der Waals surface area contributed by atoms with Gasteiger partial charge in [0.15, 0.2) is 0 Å². The van der Waals surface area contributed by atoms with Gasteiger partial charge in [-0.2, -0.15) is 0 Å². The molecule has 1 aliphatic rings. The van der Waals surface area contributed by atoms with Crippen molar-refractivity contribution in [3.63, 3.8) is 0 Å². The highest BCUT2D eigenvalue weighted by Crippen LogP contribution is 2.25. The zero-order valence-electron chi connectivity index (χ0n) is 14.8. The van der Waals surface area contributed by atoms with E-state index in [9.17, 15) is 9.59 Å². The van der Waals surface area contributed by atoms with Gasteiger partial charge < -0.3 is 15.5 Å². The Morgan fingerprint density at radius 2 is 2.16 bits per heavy atom. The van der Waals surface area contributed by atoms with Crippen LogP contribution in [-0.4, -0.2) is 42.9 Å². The van der Waals surface area contributed by atoms with Gasteiger partial charge >= 0.3 is 0 Å². The molecule has 0 bridgehead atoms. The zero-order valence-corrected chi connectivity index (χ0v) is 16.3. The van der Waals surface area contributed by atoms with Gasteiger partial charge in [-0.3, -0.25) is 9.59 Å². The third-order valence-electron chi connectivity index (χ3n) is 4.05. The van der Waals surface area contributed by atoms with Gasteiger partial charge in [0.2, 0.25) is 11.8 Å². The molecule has 2 amide bonds. The Hall–Kier alpha value is -1.30. The zero-order chi connectivity index (χ0) is 17.5. The number of hydrogen-bond acceptors (Lipinski definition) is 3. The van der Waals surface area contributed by atoms with E-state index in [0.29, 0.717) is 43.4 Å². The van der Waals surface area contributed by atoms with Gasteiger partial charge in [-0.1, -0.05) is 37.6 Å². The van der Waals surface area contributed by atoms with Crippen LogP contribution in [0, 0.1) is 5.92 Å². The van der Waals surface area contributed by atoms with Crippen molar-refractivity contribution in [2.24, 2.45) is 5.92 Å². The first-order chi connectivity index (χ1) is 11.5. The minimum Gasteiger partial charge on any atom is -0.356 e. The molecule has 0 aromatic heterocycles. The van der Waals surface area contributed by atoms with E-state index < -0.39 is 0 Å². The largest absolute Gasteiger partial charge is 0.356 e. The van der Waals surface area contributed by atoms with Gasteiger partial charge in [0.05, 0.1) is 6.04 Å². The van der Waals surface area contributed by atoms with Gasteiger partial charge in [-0.15, -0.1) is 12.4 Å². The van der Waals surface area contributed by atoms with Crippen LogP contribution in [0.3, 0.4) is 0 Å². The van der Waals surface area contributed by atoms with Crippen LogP contribution in [0.15, 0.2) is 24.3 Å². The molecule has 0 spiro atoms. The van der Waals surface area contributed by atoms with Crippen LogP contribution in [0.2, 0.25) is 5.02 Å². The van der Waals surface area contributed by atoms with Crippen molar-refractivity contribution in [2.75, 3.05) is 26.2 Å². The molecule has 2 N–H and O–H groups in total. The van der Waals surface area contributed by atoms with Gasteiger partial charge in [-0.05, 0) is 23.6 Å². The normalized spacial score (nSPS) is 17.1. The van der Waals surface area contributed by atoms with E-state index in [0.717, 1.165) is 12.1 Å². The van der Waals surface area contributed by atoms with E-state index in [-0.39, 0.29) is 30.3 Å².